The van der Waals surface area contributed by atoms with Crippen LogP contribution >= 0.6 is 0 Å². The monoisotopic (exact) mass is 530 g/mol. The second-order valence-corrected chi connectivity index (χ2v) is 11.9. The molecule has 11 nitrogen and oxygen atoms in total. The largest absolute Gasteiger partial charge is 0.457 e. The average molecular weight is 531 g/mol. The maximum absolute atomic E-state index is 12.0. The Morgan fingerprint density at radius 1 is 1.05 bits per heavy atom. The molecule has 0 aliphatic carbocycles. The Morgan fingerprint density at radius 2 is 1.92 bits per heavy atom. The van der Waals surface area contributed by atoms with E-state index >= 15 is 0 Å². The van der Waals surface area contributed by atoms with Crippen molar-refractivity contribution in [3.8, 4) is 11.5 Å². The van der Waals surface area contributed by atoms with Gasteiger partial charge in [-0.1, -0.05) is 0 Å². The third-order valence-corrected chi connectivity index (χ3v) is 8.36. The molecule has 3 aromatic heterocycles. The summed E-state index contributed by atoms with van der Waals surface area (Å²) in [5.41, 5.74) is 4.81. The number of hydrogen-bond acceptors (Lipinski definition) is 10. The van der Waals surface area contributed by atoms with Gasteiger partial charge in [0.15, 0.2) is 15.7 Å². The van der Waals surface area contributed by atoms with E-state index in [1.165, 1.54) is 12.6 Å². The summed E-state index contributed by atoms with van der Waals surface area (Å²) in [6.07, 6.45) is 6.71. The van der Waals surface area contributed by atoms with E-state index in [9.17, 15) is 8.42 Å². The number of imidazole rings is 1. The summed E-state index contributed by atoms with van der Waals surface area (Å²) < 4.78 is 32.1. The molecule has 5 aromatic rings. The molecule has 1 aliphatic heterocycles. The summed E-state index contributed by atoms with van der Waals surface area (Å²) in [6, 6.07) is 11.6. The number of nitrogens with zero attached hydrogens (tertiary/aromatic N) is 7. The van der Waals surface area contributed by atoms with Gasteiger partial charge in [-0.25, -0.2) is 33.3 Å². The summed E-state index contributed by atoms with van der Waals surface area (Å²) in [5.74, 6) is 2.45. The number of benzene rings is 2. The van der Waals surface area contributed by atoms with Crippen LogP contribution in [-0.2, 0) is 16.9 Å². The maximum Gasteiger partial charge on any atom is 0.226 e. The molecule has 1 atom stereocenters. The molecular weight excluding hydrogens is 504 g/mol. The van der Waals surface area contributed by atoms with Crippen LogP contribution in [0.2, 0.25) is 0 Å². The molecule has 12 heteroatoms. The fourth-order valence-electron chi connectivity index (χ4n) is 4.63. The standard InChI is InChI=1S/C26H26N8O3S/c1-16-10-17(4-7-23(16)37-18-5-6-22-20(11-18)30-15-33(22)2)31-25-24-21(28-14-29-25)12-27-26(32-24)34-9-8-19(13-34)38(3,35)36/h4-7,10-12,14-15,19H,8-9,13H2,1-3H3,(H,28,29,31)/t19-/m1/s1. The van der Waals surface area contributed by atoms with Crippen LogP contribution in [0.3, 0.4) is 0 Å². The molecule has 0 amide bonds. The van der Waals surface area contributed by atoms with Crippen molar-refractivity contribution in [3.05, 3.63) is 60.8 Å². The van der Waals surface area contributed by atoms with E-state index in [-0.39, 0.29) is 0 Å². The number of fused-ring (bicyclic) bond motifs is 2. The Balaban J connectivity index is 1.24. The molecule has 1 fully saturated rings. The number of aryl methyl sites for hydroxylation is 2. The highest BCUT2D eigenvalue weighted by atomic mass is 32.2. The zero-order valence-electron chi connectivity index (χ0n) is 21.2. The van der Waals surface area contributed by atoms with Gasteiger partial charge < -0.3 is 19.5 Å². The zero-order valence-corrected chi connectivity index (χ0v) is 22.0. The van der Waals surface area contributed by atoms with Crippen molar-refractivity contribution in [2.24, 2.45) is 7.05 Å². The number of anilines is 3. The van der Waals surface area contributed by atoms with Gasteiger partial charge >= 0.3 is 0 Å². The van der Waals surface area contributed by atoms with Crippen molar-refractivity contribution in [2.45, 2.75) is 18.6 Å². The van der Waals surface area contributed by atoms with E-state index in [1.54, 1.807) is 12.5 Å². The van der Waals surface area contributed by atoms with Gasteiger partial charge in [-0.3, -0.25) is 0 Å². The number of aromatic nitrogens is 6. The molecule has 38 heavy (non-hydrogen) atoms. The predicted molar refractivity (Wildman–Crippen MR) is 146 cm³/mol. The first-order valence-corrected chi connectivity index (χ1v) is 14.1. The van der Waals surface area contributed by atoms with Gasteiger partial charge in [0.1, 0.15) is 28.9 Å². The van der Waals surface area contributed by atoms with Gasteiger partial charge in [-0.05, 0) is 49.2 Å². The van der Waals surface area contributed by atoms with Crippen LogP contribution in [-0.4, -0.2) is 62.5 Å². The number of ether oxygens (including phenoxy) is 1. The molecule has 1 N–H and O–H groups in total. The highest BCUT2D eigenvalue weighted by Crippen LogP contribution is 2.31. The zero-order chi connectivity index (χ0) is 26.4. The first-order valence-electron chi connectivity index (χ1n) is 12.1. The molecule has 0 bridgehead atoms. The van der Waals surface area contributed by atoms with E-state index in [0.717, 1.165) is 28.0 Å². The molecule has 4 heterocycles. The topological polar surface area (TPSA) is 128 Å². The van der Waals surface area contributed by atoms with Crippen molar-refractivity contribution < 1.29 is 13.2 Å². The van der Waals surface area contributed by atoms with E-state index in [2.05, 4.69) is 25.3 Å². The minimum Gasteiger partial charge on any atom is -0.457 e. The first-order chi connectivity index (χ1) is 18.2. The van der Waals surface area contributed by atoms with E-state index in [1.807, 2.05) is 59.8 Å². The average Bonchev–Trinajstić information content (AvgIpc) is 3.53. The lowest BCUT2D eigenvalue weighted by molar-refractivity contribution is 0.479. The maximum atomic E-state index is 12.0. The minimum absolute atomic E-state index is 0.370. The summed E-state index contributed by atoms with van der Waals surface area (Å²) in [6.45, 7) is 2.92. The summed E-state index contributed by atoms with van der Waals surface area (Å²) in [4.78, 5) is 24.1. The SMILES string of the molecule is Cc1cc(Nc2ncnc3cnc(N4CC[C@@H](S(C)(=O)=O)C4)nc23)ccc1Oc1ccc2c(c1)ncn2C. The molecule has 0 unspecified atom stereocenters. The molecule has 1 aliphatic rings. The lowest BCUT2D eigenvalue weighted by atomic mass is 10.2. The lowest BCUT2D eigenvalue weighted by Crippen LogP contribution is -2.27. The van der Waals surface area contributed by atoms with Crippen molar-refractivity contribution in [1.29, 1.82) is 0 Å². The van der Waals surface area contributed by atoms with Crippen LogP contribution in [0.25, 0.3) is 22.1 Å². The van der Waals surface area contributed by atoms with Gasteiger partial charge in [0, 0.05) is 38.1 Å². The molecule has 0 saturated carbocycles. The summed E-state index contributed by atoms with van der Waals surface area (Å²) >= 11 is 0. The van der Waals surface area contributed by atoms with Crippen molar-refractivity contribution in [1.82, 2.24) is 29.5 Å². The van der Waals surface area contributed by atoms with Crippen molar-refractivity contribution in [2.75, 3.05) is 29.6 Å². The van der Waals surface area contributed by atoms with Gasteiger partial charge in [-0.2, -0.15) is 0 Å². The predicted octanol–water partition coefficient (Wildman–Crippen LogP) is 3.77. The van der Waals surface area contributed by atoms with Crippen molar-refractivity contribution >= 4 is 49.4 Å². The Labute approximate surface area is 219 Å². The fourth-order valence-corrected chi connectivity index (χ4v) is 5.62. The van der Waals surface area contributed by atoms with Crippen LogP contribution in [0.4, 0.5) is 17.5 Å². The molecular formula is C26H26N8O3S. The second-order valence-electron chi connectivity index (χ2n) is 9.53. The molecule has 2 aromatic carbocycles. The van der Waals surface area contributed by atoms with Crippen LogP contribution in [0, 0.1) is 6.92 Å². The summed E-state index contributed by atoms with van der Waals surface area (Å²) in [7, 11) is -1.16. The highest BCUT2D eigenvalue weighted by Gasteiger charge is 2.31. The number of rotatable bonds is 6. The molecule has 0 spiro atoms. The van der Waals surface area contributed by atoms with Crippen LogP contribution < -0.4 is 15.0 Å². The fraction of sp³-hybridized carbons (Fsp3) is 0.269. The molecule has 0 radical (unpaired) electrons. The van der Waals surface area contributed by atoms with Gasteiger partial charge in [0.05, 0.1) is 28.8 Å². The third-order valence-electron chi connectivity index (χ3n) is 6.76. The number of hydrogen-bond donors (Lipinski definition) is 1. The Kier molecular flexibility index (Phi) is 5.83. The van der Waals surface area contributed by atoms with Gasteiger partial charge in [0.2, 0.25) is 5.95 Å². The second kappa shape index (κ2) is 9.21. The Morgan fingerprint density at radius 3 is 2.71 bits per heavy atom. The molecule has 1 saturated heterocycles. The summed E-state index contributed by atoms with van der Waals surface area (Å²) in [5, 5.41) is 2.92. The first kappa shape index (κ1) is 24.0. The van der Waals surface area contributed by atoms with Crippen molar-refractivity contribution in [3.63, 3.8) is 0 Å². The number of sulfone groups is 1. The van der Waals surface area contributed by atoms with E-state index < -0.39 is 15.1 Å². The third kappa shape index (κ3) is 4.58. The smallest absolute Gasteiger partial charge is 0.226 e. The Hall–Kier alpha value is -4.32. The minimum atomic E-state index is -3.12. The van der Waals surface area contributed by atoms with Gasteiger partial charge in [-0.15, -0.1) is 0 Å². The van der Waals surface area contributed by atoms with Crippen LogP contribution in [0.1, 0.15) is 12.0 Å². The van der Waals surface area contributed by atoms with E-state index in [4.69, 9.17) is 9.72 Å². The molecule has 194 valence electrons. The van der Waals surface area contributed by atoms with E-state index in [0.29, 0.717) is 48.1 Å². The van der Waals surface area contributed by atoms with Crippen LogP contribution in [0.15, 0.2) is 55.2 Å². The quantitative estimate of drug-likeness (QED) is 0.346. The highest BCUT2D eigenvalue weighted by molar-refractivity contribution is 7.91. The Bertz CT molecular complexity index is 1790. The number of nitrogens with one attached hydrogen (secondary N) is 1. The normalized spacial score (nSPS) is 15.9. The van der Waals surface area contributed by atoms with Crippen LogP contribution in [0.5, 0.6) is 11.5 Å². The van der Waals surface area contributed by atoms with Gasteiger partial charge in [0.25, 0.3) is 0 Å². The molecule has 6 rings (SSSR count). The lowest BCUT2D eigenvalue weighted by Gasteiger charge is -2.17.